The second-order valence-electron chi connectivity index (χ2n) is 12.6. The van der Waals surface area contributed by atoms with E-state index in [1.54, 1.807) is 13.3 Å². The third-order valence-corrected chi connectivity index (χ3v) is 10.7. The Hall–Kier alpha value is -3.12. The number of nitrogens with zero attached hydrogens (tertiary/aromatic N) is 2. The van der Waals surface area contributed by atoms with Crippen molar-refractivity contribution in [2.45, 2.75) is 89.4 Å². The van der Waals surface area contributed by atoms with E-state index in [2.05, 4.69) is 66.2 Å². The Bertz CT molecular complexity index is 1360. The molecule has 232 valence electrons. The van der Waals surface area contributed by atoms with Gasteiger partial charge in [0.15, 0.2) is 0 Å². The number of thiazole rings is 1. The Morgan fingerprint density at radius 2 is 1.77 bits per heavy atom. The molecule has 0 unspecified atom stereocenters. The molecule has 0 saturated heterocycles. The van der Waals surface area contributed by atoms with Crippen molar-refractivity contribution in [1.82, 2.24) is 10.3 Å². The van der Waals surface area contributed by atoms with Crippen molar-refractivity contribution in [3.63, 3.8) is 0 Å². The fourth-order valence-electron chi connectivity index (χ4n) is 6.75. The van der Waals surface area contributed by atoms with Gasteiger partial charge in [0.2, 0.25) is 5.91 Å². The van der Waals surface area contributed by atoms with E-state index in [9.17, 15) is 4.79 Å². The van der Waals surface area contributed by atoms with E-state index in [4.69, 9.17) is 9.72 Å². The van der Waals surface area contributed by atoms with Crippen LogP contribution in [0.4, 0.5) is 5.69 Å². The third kappa shape index (κ3) is 8.08. The lowest BCUT2D eigenvalue weighted by Gasteiger charge is -2.35. The minimum atomic E-state index is 0. The fourth-order valence-corrected chi connectivity index (χ4v) is 7.84. The molecule has 3 aliphatic carbocycles. The molecule has 3 saturated carbocycles. The summed E-state index contributed by atoms with van der Waals surface area (Å²) < 4.78 is 5.47. The van der Waals surface area contributed by atoms with E-state index in [-0.39, 0.29) is 7.34 Å². The number of anilines is 1. The molecule has 6 heteroatoms. The number of aromatic nitrogens is 1. The second-order valence-corrected chi connectivity index (χ2v) is 13.7. The lowest BCUT2D eigenvalue weighted by Crippen LogP contribution is -2.41. The highest BCUT2D eigenvalue weighted by Gasteiger charge is 2.31. The largest absolute Gasteiger partial charge is 0.496 e. The van der Waals surface area contributed by atoms with Gasteiger partial charge in [0.05, 0.1) is 17.0 Å². The molecule has 6 rings (SSSR count). The Morgan fingerprint density at radius 1 is 1.05 bits per heavy atom. The van der Waals surface area contributed by atoms with Gasteiger partial charge in [-0.05, 0) is 111 Å². The molecule has 0 aliphatic heterocycles. The van der Waals surface area contributed by atoms with Crippen LogP contribution in [-0.2, 0) is 4.79 Å². The number of aryl methyl sites for hydroxylation is 1. The predicted molar refractivity (Wildman–Crippen MR) is 182 cm³/mol. The van der Waals surface area contributed by atoms with Gasteiger partial charge in [0.25, 0.3) is 0 Å². The molecule has 1 N–H and O–H groups in total. The van der Waals surface area contributed by atoms with Crippen molar-refractivity contribution in [3.8, 4) is 16.2 Å². The zero-order valence-corrected chi connectivity index (χ0v) is 27.1. The van der Waals surface area contributed by atoms with Crippen LogP contribution in [-0.4, -0.2) is 31.6 Å². The van der Waals surface area contributed by atoms with Crippen molar-refractivity contribution in [1.29, 1.82) is 0 Å². The van der Waals surface area contributed by atoms with Crippen LogP contribution in [0.25, 0.3) is 10.4 Å². The van der Waals surface area contributed by atoms with Gasteiger partial charge < -0.3 is 15.0 Å². The van der Waals surface area contributed by atoms with Gasteiger partial charge in [-0.1, -0.05) is 50.1 Å². The third-order valence-electron chi connectivity index (χ3n) is 9.49. The molecule has 5 nitrogen and oxygen atoms in total. The molecule has 2 aromatic carbocycles. The summed E-state index contributed by atoms with van der Waals surface area (Å²) in [6, 6.07) is 15.4. The number of methoxy groups -OCH3 is 1. The molecule has 3 fully saturated rings. The van der Waals surface area contributed by atoms with Crippen LogP contribution in [0.15, 0.2) is 61.4 Å². The average molecular weight is 602 g/mol. The SMILES string of the molecule is C=CNC.COc1ccc(C2CCC(CN(C(=O)C3CCCCC3)c3cccc(-c4cnc(C5CC5)s4)c3)CC2)cc1C.[HH]. The van der Waals surface area contributed by atoms with Crippen LogP contribution in [0, 0.1) is 18.8 Å². The summed E-state index contributed by atoms with van der Waals surface area (Å²) in [6.07, 6.45) is 16.6. The number of hydrogen-bond acceptors (Lipinski definition) is 5. The van der Waals surface area contributed by atoms with Gasteiger partial charge in [-0.3, -0.25) is 4.79 Å². The minimum Gasteiger partial charge on any atom is -0.496 e. The van der Waals surface area contributed by atoms with Crippen molar-refractivity contribution in [3.05, 3.63) is 77.6 Å². The highest BCUT2D eigenvalue weighted by molar-refractivity contribution is 7.15. The number of ether oxygens (including phenoxy) is 1. The smallest absolute Gasteiger partial charge is 0.230 e. The molecule has 1 amide bonds. The van der Waals surface area contributed by atoms with Gasteiger partial charge >= 0.3 is 0 Å². The van der Waals surface area contributed by atoms with Crippen molar-refractivity contribution in [2.24, 2.45) is 11.8 Å². The number of benzene rings is 2. The zero-order valence-electron chi connectivity index (χ0n) is 26.3. The maximum Gasteiger partial charge on any atom is 0.230 e. The number of hydrogen-bond donors (Lipinski definition) is 1. The predicted octanol–water partition coefficient (Wildman–Crippen LogP) is 9.49. The zero-order chi connectivity index (χ0) is 30.2. The second kappa shape index (κ2) is 15.1. The maximum atomic E-state index is 14.0. The van der Waals surface area contributed by atoms with Gasteiger partial charge in [0.1, 0.15) is 5.75 Å². The lowest BCUT2D eigenvalue weighted by atomic mass is 9.78. The molecule has 1 heterocycles. The molecule has 43 heavy (non-hydrogen) atoms. The lowest BCUT2D eigenvalue weighted by molar-refractivity contribution is -0.123. The van der Waals surface area contributed by atoms with Gasteiger partial charge in [-0.25, -0.2) is 4.98 Å². The van der Waals surface area contributed by atoms with Gasteiger partial charge in [0, 0.05) is 38.7 Å². The van der Waals surface area contributed by atoms with Crippen LogP contribution in [0.1, 0.15) is 100 Å². The highest BCUT2D eigenvalue weighted by atomic mass is 32.1. The van der Waals surface area contributed by atoms with E-state index in [1.807, 2.05) is 24.6 Å². The molecule has 3 aliphatic rings. The number of nitrogens with one attached hydrogen (secondary N) is 1. The fraction of sp³-hybridized carbons (Fsp3) is 0.514. The molecule has 0 atom stereocenters. The summed E-state index contributed by atoms with van der Waals surface area (Å²) in [5.41, 5.74) is 4.91. The first-order chi connectivity index (χ1) is 21.0. The first-order valence-electron chi connectivity index (χ1n) is 16.3. The quantitative estimate of drug-likeness (QED) is 0.265. The Kier molecular flexibility index (Phi) is 11.0. The number of rotatable bonds is 9. The van der Waals surface area contributed by atoms with Crippen LogP contribution >= 0.6 is 11.3 Å². The van der Waals surface area contributed by atoms with Crippen molar-refractivity contribution >= 4 is 22.9 Å². The standard InChI is InChI=1S/C34H42N2O2S.C3H7N.H2/c1-23-19-28(17-18-31(23)38-2)25-13-11-24(12-14-25)22-36(34(37)27-7-4-3-5-8-27)30-10-6-9-29(20-30)32-21-35-33(39-32)26-15-16-26;1-3-4-2;/h6,9-10,17-21,24-27H,3-5,7-8,11-16,22H2,1-2H3;3-4H,1H2,2H3;1H. The molecular formula is C37H51N3O2S. The normalized spacial score (nSPS) is 20.4. The van der Waals surface area contributed by atoms with E-state index < -0.39 is 0 Å². The molecule has 0 spiro atoms. The molecule has 1 aromatic heterocycles. The highest BCUT2D eigenvalue weighted by Crippen LogP contribution is 2.44. The van der Waals surface area contributed by atoms with Crippen LogP contribution in [0.3, 0.4) is 0 Å². The summed E-state index contributed by atoms with van der Waals surface area (Å²) >= 11 is 1.83. The van der Waals surface area contributed by atoms with E-state index in [0.29, 0.717) is 23.7 Å². The maximum absolute atomic E-state index is 14.0. The first kappa shape index (κ1) is 31.3. The van der Waals surface area contributed by atoms with Gasteiger partial charge in [-0.15, -0.1) is 11.3 Å². The van der Waals surface area contributed by atoms with E-state index in [0.717, 1.165) is 30.8 Å². The van der Waals surface area contributed by atoms with Crippen LogP contribution in [0.5, 0.6) is 5.75 Å². The first-order valence-corrected chi connectivity index (χ1v) is 17.1. The minimum absolute atomic E-state index is 0. The summed E-state index contributed by atoms with van der Waals surface area (Å²) in [5.74, 6) is 3.31. The Balaban J connectivity index is 0.000000834. The summed E-state index contributed by atoms with van der Waals surface area (Å²) in [5, 5.41) is 3.97. The monoisotopic (exact) mass is 601 g/mol. The summed E-state index contributed by atoms with van der Waals surface area (Å²) in [6.45, 7) is 6.34. The summed E-state index contributed by atoms with van der Waals surface area (Å²) in [4.78, 5) is 22.1. The van der Waals surface area contributed by atoms with E-state index >= 15 is 0 Å². The van der Waals surface area contributed by atoms with Gasteiger partial charge in [-0.2, -0.15) is 0 Å². The van der Waals surface area contributed by atoms with E-state index in [1.165, 1.54) is 84.4 Å². The molecule has 0 bridgehead atoms. The van der Waals surface area contributed by atoms with Crippen LogP contribution in [0.2, 0.25) is 0 Å². The van der Waals surface area contributed by atoms with Crippen molar-refractivity contribution in [2.75, 3.05) is 25.6 Å². The van der Waals surface area contributed by atoms with Crippen LogP contribution < -0.4 is 15.0 Å². The average Bonchev–Trinajstić information content (AvgIpc) is 3.80. The molecule has 0 radical (unpaired) electrons. The molecule has 3 aromatic rings. The topological polar surface area (TPSA) is 54.5 Å². The number of amides is 1. The number of carbonyl (C=O) groups excluding carboxylic acids is 1. The van der Waals surface area contributed by atoms with Crippen molar-refractivity contribution < 1.29 is 11.0 Å². The Labute approximate surface area is 264 Å². The summed E-state index contributed by atoms with van der Waals surface area (Å²) in [7, 11) is 3.55. The molecular weight excluding hydrogens is 550 g/mol. The number of carbonyl (C=O) groups is 1. The Morgan fingerprint density at radius 3 is 2.42 bits per heavy atom.